The molecule has 1 aromatic rings. The van der Waals surface area contributed by atoms with E-state index in [4.69, 9.17) is 11.6 Å². The maximum absolute atomic E-state index is 10.0. The molecule has 0 amide bonds. The molecule has 0 spiro atoms. The van der Waals surface area contributed by atoms with Crippen molar-refractivity contribution >= 4 is 11.6 Å². The number of hydrogen-bond acceptors (Lipinski definition) is 1. The molecule has 0 aliphatic heterocycles. The summed E-state index contributed by atoms with van der Waals surface area (Å²) >= 11 is 6.01. The molecule has 0 bridgehead atoms. The number of aliphatic hydroxyl groups is 1. The third kappa shape index (κ3) is 1.36. The predicted molar refractivity (Wildman–Crippen MR) is 54.1 cm³/mol. The van der Waals surface area contributed by atoms with Gasteiger partial charge in [0.2, 0.25) is 0 Å². The lowest BCUT2D eigenvalue weighted by Gasteiger charge is -2.16. The summed E-state index contributed by atoms with van der Waals surface area (Å²) in [5.74, 6) is 0. The summed E-state index contributed by atoms with van der Waals surface area (Å²) in [6.07, 6.45) is 1.74. The van der Waals surface area contributed by atoms with E-state index in [0.29, 0.717) is 0 Å². The minimum absolute atomic E-state index is 0.570. The van der Waals surface area contributed by atoms with Crippen molar-refractivity contribution in [2.45, 2.75) is 32.3 Å². The van der Waals surface area contributed by atoms with Crippen LogP contribution in [0.1, 0.15) is 29.5 Å². The molecule has 0 aromatic heterocycles. The van der Waals surface area contributed by atoms with Crippen LogP contribution in [0.2, 0.25) is 5.02 Å². The van der Waals surface area contributed by atoms with E-state index in [0.717, 1.165) is 34.6 Å². The van der Waals surface area contributed by atoms with Crippen molar-refractivity contribution in [1.29, 1.82) is 0 Å². The van der Waals surface area contributed by atoms with Crippen LogP contribution in [0.5, 0.6) is 0 Å². The molecule has 0 saturated heterocycles. The quantitative estimate of drug-likeness (QED) is 0.733. The molecule has 70 valence electrons. The van der Waals surface area contributed by atoms with Gasteiger partial charge in [0, 0.05) is 5.02 Å². The number of rotatable bonds is 1. The van der Waals surface area contributed by atoms with E-state index < -0.39 is 5.60 Å². The lowest BCUT2D eigenvalue weighted by atomic mass is 9.96. The summed E-state index contributed by atoms with van der Waals surface area (Å²) in [5, 5.41) is 10.8. The fraction of sp³-hybridized carbons (Fsp3) is 0.455. The SMILES string of the molecule is Cc1ccc(Cl)c(C)c1C1(O)CC1. The van der Waals surface area contributed by atoms with Crippen LogP contribution >= 0.6 is 11.6 Å². The molecule has 1 aliphatic carbocycles. The first-order valence-electron chi connectivity index (χ1n) is 4.53. The van der Waals surface area contributed by atoms with Crippen LogP contribution in [0.4, 0.5) is 0 Å². The topological polar surface area (TPSA) is 20.2 Å². The van der Waals surface area contributed by atoms with Gasteiger partial charge < -0.3 is 5.11 Å². The lowest BCUT2D eigenvalue weighted by Crippen LogP contribution is -2.09. The third-order valence-corrected chi connectivity index (χ3v) is 3.21. The maximum Gasteiger partial charge on any atom is 0.0904 e. The number of halogens is 1. The van der Waals surface area contributed by atoms with Gasteiger partial charge in [0.25, 0.3) is 0 Å². The number of hydrogen-bond donors (Lipinski definition) is 1. The average Bonchev–Trinajstić information content (AvgIpc) is 2.78. The van der Waals surface area contributed by atoms with Crippen LogP contribution in [0.15, 0.2) is 12.1 Å². The van der Waals surface area contributed by atoms with Gasteiger partial charge in [-0.3, -0.25) is 0 Å². The zero-order chi connectivity index (χ0) is 9.64. The maximum atomic E-state index is 10.0. The summed E-state index contributed by atoms with van der Waals surface area (Å²) in [4.78, 5) is 0. The summed E-state index contributed by atoms with van der Waals surface area (Å²) < 4.78 is 0. The molecule has 2 rings (SSSR count). The summed E-state index contributed by atoms with van der Waals surface area (Å²) in [6, 6.07) is 3.86. The Morgan fingerprint density at radius 2 is 1.92 bits per heavy atom. The smallest absolute Gasteiger partial charge is 0.0904 e. The highest BCUT2D eigenvalue weighted by molar-refractivity contribution is 6.31. The molecule has 0 unspecified atom stereocenters. The lowest BCUT2D eigenvalue weighted by molar-refractivity contribution is 0.150. The Kier molecular flexibility index (Phi) is 1.90. The van der Waals surface area contributed by atoms with Crippen LogP contribution in [-0.2, 0) is 5.60 Å². The van der Waals surface area contributed by atoms with Gasteiger partial charge >= 0.3 is 0 Å². The van der Waals surface area contributed by atoms with E-state index in [2.05, 4.69) is 0 Å². The molecule has 13 heavy (non-hydrogen) atoms. The summed E-state index contributed by atoms with van der Waals surface area (Å²) in [6.45, 7) is 4.00. The number of aryl methyl sites for hydroxylation is 1. The standard InChI is InChI=1S/C11H13ClO/c1-7-3-4-9(12)8(2)10(7)11(13)5-6-11/h3-4,13H,5-6H2,1-2H3. The Hall–Kier alpha value is -0.530. The first-order valence-corrected chi connectivity index (χ1v) is 4.91. The van der Waals surface area contributed by atoms with Crippen LogP contribution in [0.25, 0.3) is 0 Å². The van der Waals surface area contributed by atoms with Crippen LogP contribution < -0.4 is 0 Å². The van der Waals surface area contributed by atoms with Gasteiger partial charge in [-0.2, -0.15) is 0 Å². The van der Waals surface area contributed by atoms with Crippen molar-refractivity contribution in [2.75, 3.05) is 0 Å². The van der Waals surface area contributed by atoms with Gasteiger partial charge in [0.15, 0.2) is 0 Å². The first kappa shape index (κ1) is 9.04. The fourth-order valence-electron chi connectivity index (χ4n) is 1.91. The van der Waals surface area contributed by atoms with Gasteiger partial charge in [0.1, 0.15) is 0 Å². The predicted octanol–water partition coefficient (Wildman–Crippen LogP) is 2.94. The zero-order valence-electron chi connectivity index (χ0n) is 7.89. The van der Waals surface area contributed by atoms with Crippen molar-refractivity contribution in [1.82, 2.24) is 0 Å². The fourth-order valence-corrected chi connectivity index (χ4v) is 2.06. The average molecular weight is 197 g/mol. The van der Waals surface area contributed by atoms with Crippen molar-refractivity contribution in [2.24, 2.45) is 0 Å². The monoisotopic (exact) mass is 196 g/mol. The Labute approximate surface area is 83.3 Å². The Bertz CT molecular complexity index is 353. The third-order valence-electron chi connectivity index (χ3n) is 2.80. The van der Waals surface area contributed by atoms with Gasteiger partial charge in [-0.15, -0.1) is 0 Å². The van der Waals surface area contributed by atoms with Gasteiger partial charge in [-0.25, -0.2) is 0 Å². The highest BCUT2D eigenvalue weighted by Gasteiger charge is 2.44. The van der Waals surface area contributed by atoms with Crippen molar-refractivity contribution in [3.8, 4) is 0 Å². The van der Waals surface area contributed by atoms with E-state index in [1.165, 1.54) is 0 Å². The Morgan fingerprint density at radius 3 is 2.46 bits per heavy atom. The van der Waals surface area contributed by atoms with E-state index in [-0.39, 0.29) is 0 Å². The Morgan fingerprint density at radius 1 is 1.31 bits per heavy atom. The zero-order valence-corrected chi connectivity index (χ0v) is 8.65. The van der Waals surface area contributed by atoms with E-state index in [1.807, 2.05) is 26.0 Å². The molecular formula is C11H13ClO. The van der Waals surface area contributed by atoms with Gasteiger partial charge in [0.05, 0.1) is 5.60 Å². The molecule has 0 atom stereocenters. The molecule has 1 saturated carbocycles. The van der Waals surface area contributed by atoms with E-state index in [9.17, 15) is 5.11 Å². The molecule has 1 N–H and O–H groups in total. The highest BCUT2D eigenvalue weighted by Crippen LogP contribution is 2.48. The second kappa shape index (κ2) is 2.73. The minimum Gasteiger partial charge on any atom is -0.385 e. The molecule has 2 heteroatoms. The van der Waals surface area contributed by atoms with Crippen molar-refractivity contribution < 1.29 is 5.11 Å². The minimum atomic E-state index is -0.570. The summed E-state index contributed by atoms with van der Waals surface area (Å²) in [7, 11) is 0. The van der Waals surface area contributed by atoms with Gasteiger partial charge in [-0.05, 0) is 49.4 Å². The number of benzene rings is 1. The van der Waals surface area contributed by atoms with Crippen LogP contribution in [0, 0.1) is 13.8 Å². The second-order valence-electron chi connectivity index (χ2n) is 3.90. The Balaban J connectivity index is 2.61. The molecule has 1 aromatic carbocycles. The molecule has 0 radical (unpaired) electrons. The molecule has 1 aliphatic rings. The molecule has 1 fully saturated rings. The summed E-state index contributed by atoms with van der Waals surface area (Å²) in [5.41, 5.74) is 2.64. The van der Waals surface area contributed by atoms with Crippen molar-refractivity contribution in [3.63, 3.8) is 0 Å². The highest BCUT2D eigenvalue weighted by atomic mass is 35.5. The van der Waals surface area contributed by atoms with Crippen LogP contribution in [-0.4, -0.2) is 5.11 Å². The molecule has 0 heterocycles. The van der Waals surface area contributed by atoms with Gasteiger partial charge in [-0.1, -0.05) is 17.7 Å². The second-order valence-corrected chi connectivity index (χ2v) is 4.30. The molecular weight excluding hydrogens is 184 g/mol. The van der Waals surface area contributed by atoms with Crippen LogP contribution in [0.3, 0.4) is 0 Å². The first-order chi connectivity index (χ1) is 6.04. The largest absolute Gasteiger partial charge is 0.385 e. The van der Waals surface area contributed by atoms with Crippen molar-refractivity contribution in [3.05, 3.63) is 33.8 Å². The molecule has 1 nitrogen and oxygen atoms in total. The van der Waals surface area contributed by atoms with E-state index in [1.54, 1.807) is 0 Å². The van der Waals surface area contributed by atoms with E-state index >= 15 is 0 Å². The normalized spacial score (nSPS) is 18.8.